The molecule has 2 aliphatic heterocycles. The number of rotatable bonds is 8. The van der Waals surface area contributed by atoms with Crippen LogP contribution in [0.2, 0.25) is 5.02 Å². The number of benzene rings is 2. The second kappa shape index (κ2) is 12.5. The SMILES string of the molecule is CC(=O)c1cc([C@@H]2CNC[C@H]2N(C(=O)Oc2ccc(F)cc2)C2CC2)c(C(=O)C2CCNC(c3ccccn3)C2)cc1Cl. The van der Waals surface area contributed by atoms with Gasteiger partial charge < -0.3 is 15.4 Å². The summed E-state index contributed by atoms with van der Waals surface area (Å²) in [5.41, 5.74) is 2.44. The maximum atomic E-state index is 14.3. The van der Waals surface area contributed by atoms with Gasteiger partial charge in [0.15, 0.2) is 11.6 Å². The minimum atomic E-state index is -0.516. The number of amides is 1. The largest absolute Gasteiger partial charge is 0.415 e. The van der Waals surface area contributed by atoms with Crippen molar-refractivity contribution in [2.24, 2.45) is 5.92 Å². The fourth-order valence-corrected chi connectivity index (χ4v) is 6.70. The van der Waals surface area contributed by atoms with Crippen molar-refractivity contribution in [1.29, 1.82) is 0 Å². The number of carbonyl (C=O) groups excluding carboxylic acids is 3. The minimum Gasteiger partial charge on any atom is -0.410 e. The average Bonchev–Trinajstić information content (AvgIpc) is 3.74. The first-order valence-corrected chi connectivity index (χ1v) is 15.2. The Morgan fingerprint density at radius 1 is 1.02 bits per heavy atom. The lowest BCUT2D eigenvalue weighted by Gasteiger charge is -2.34. The first-order chi connectivity index (χ1) is 20.8. The van der Waals surface area contributed by atoms with E-state index in [2.05, 4.69) is 15.6 Å². The van der Waals surface area contributed by atoms with Crippen LogP contribution in [0.4, 0.5) is 9.18 Å². The van der Waals surface area contributed by atoms with E-state index in [4.69, 9.17) is 16.3 Å². The Balaban J connectivity index is 1.32. The second-order valence-electron chi connectivity index (χ2n) is 11.6. The molecule has 3 aliphatic rings. The van der Waals surface area contributed by atoms with Gasteiger partial charge in [-0.2, -0.15) is 0 Å². The molecule has 1 amide bonds. The summed E-state index contributed by atoms with van der Waals surface area (Å²) in [6.45, 7) is 3.14. The van der Waals surface area contributed by atoms with E-state index < -0.39 is 11.9 Å². The Hall–Kier alpha value is -3.66. The zero-order chi connectivity index (χ0) is 30.1. The monoisotopic (exact) mass is 604 g/mol. The van der Waals surface area contributed by atoms with E-state index in [0.29, 0.717) is 49.2 Å². The van der Waals surface area contributed by atoms with Crippen LogP contribution >= 0.6 is 11.6 Å². The summed E-state index contributed by atoms with van der Waals surface area (Å²) >= 11 is 6.60. The van der Waals surface area contributed by atoms with E-state index in [1.165, 1.54) is 31.2 Å². The van der Waals surface area contributed by atoms with Crippen molar-refractivity contribution in [2.45, 2.75) is 56.7 Å². The molecule has 0 spiro atoms. The number of piperidine rings is 1. The zero-order valence-corrected chi connectivity index (χ0v) is 24.6. The van der Waals surface area contributed by atoms with Crippen LogP contribution in [0.25, 0.3) is 0 Å². The summed E-state index contributed by atoms with van der Waals surface area (Å²) in [7, 11) is 0. The molecule has 2 unspecified atom stereocenters. The molecule has 2 aromatic carbocycles. The number of nitrogens with zero attached hydrogens (tertiary/aromatic N) is 2. The lowest BCUT2D eigenvalue weighted by Crippen LogP contribution is -2.47. The number of hydrogen-bond acceptors (Lipinski definition) is 7. The molecule has 3 fully saturated rings. The van der Waals surface area contributed by atoms with Crippen LogP contribution in [0.5, 0.6) is 5.75 Å². The minimum absolute atomic E-state index is 0.00243. The summed E-state index contributed by atoms with van der Waals surface area (Å²) < 4.78 is 19.1. The van der Waals surface area contributed by atoms with Crippen LogP contribution in [0.15, 0.2) is 60.8 Å². The molecule has 3 heterocycles. The van der Waals surface area contributed by atoms with Crippen LogP contribution in [0, 0.1) is 11.7 Å². The third-order valence-corrected chi connectivity index (χ3v) is 9.02. The third-order valence-electron chi connectivity index (χ3n) is 8.71. The van der Waals surface area contributed by atoms with Gasteiger partial charge in [0.2, 0.25) is 0 Å². The molecule has 0 bridgehead atoms. The van der Waals surface area contributed by atoms with Crippen molar-refractivity contribution in [1.82, 2.24) is 20.5 Å². The predicted molar refractivity (Wildman–Crippen MR) is 160 cm³/mol. The van der Waals surface area contributed by atoms with Gasteiger partial charge in [0, 0.05) is 48.3 Å². The molecule has 10 heteroatoms. The van der Waals surface area contributed by atoms with Gasteiger partial charge in [0.25, 0.3) is 0 Å². The van der Waals surface area contributed by atoms with Gasteiger partial charge in [-0.25, -0.2) is 9.18 Å². The number of aromatic nitrogens is 1. The van der Waals surface area contributed by atoms with Crippen LogP contribution in [-0.2, 0) is 0 Å². The Kier molecular flexibility index (Phi) is 8.56. The number of carbonyl (C=O) groups is 3. The van der Waals surface area contributed by atoms with Crippen LogP contribution in [0.1, 0.15) is 76.5 Å². The highest BCUT2D eigenvalue weighted by Crippen LogP contribution is 2.40. The van der Waals surface area contributed by atoms with Crippen molar-refractivity contribution >= 4 is 29.3 Å². The van der Waals surface area contributed by atoms with E-state index in [9.17, 15) is 18.8 Å². The molecular weight excluding hydrogens is 571 g/mol. The van der Waals surface area contributed by atoms with Gasteiger partial charge in [-0.3, -0.25) is 19.5 Å². The molecule has 1 aliphatic carbocycles. The molecule has 1 saturated carbocycles. The average molecular weight is 605 g/mol. The van der Waals surface area contributed by atoms with E-state index >= 15 is 0 Å². The van der Waals surface area contributed by atoms with Crippen molar-refractivity contribution in [3.05, 3.63) is 94.0 Å². The molecule has 1 aromatic heterocycles. The van der Waals surface area contributed by atoms with Crippen molar-refractivity contribution in [3.63, 3.8) is 0 Å². The molecule has 6 rings (SSSR count). The standard InChI is InChI=1S/C33H34ClFN4O4/c1-19(40)24-15-25(26(16-28(24)34)32(41)20-11-13-38-30(14-20)29-4-2-3-12-37-29)27-17-36-18-31(27)39(22-7-8-22)33(42)43-23-9-5-21(35)6-10-23/h2-6,9-10,12,15-16,20,22,27,30-31,36,38H,7-8,11,13-14,17-18H2,1H3/t20?,27-,30?,31+/m0/s1. The molecular formula is C33H34ClFN4O4. The van der Waals surface area contributed by atoms with Gasteiger partial charge in [0.05, 0.1) is 22.8 Å². The molecule has 2 N–H and O–H groups in total. The Labute approximate surface area is 255 Å². The number of hydrogen-bond donors (Lipinski definition) is 2. The fourth-order valence-electron chi connectivity index (χ4n) is 6.40. The van der Waals surface area contributed by atoms with Crippen molar-refractivity contribution < 1.29 is 23.5 Å². The van der Waals surface area contributed by atoms with Gasteiger partial charge >= 0.3 is 6.09 Å². The molecule has 224 valence electrons. The van der Waals surface area contributed by atoms with Gasteiger partial charge in [-0.15, -0.1) is 0 Å². The summed E-state index contributed by atoms with van der Waals surface area (Å²) in [5.74, 6) is -0.910. The number of halogens is 2. The lowest BCUT2D eigenvalue weighted by molar-refractivity contribution is 0.0874. The third kappa shape index (κ3) is 6.34. The number of pyridine rings is 1. The van der Waals surface area contributed by atoms with Gasteiger partial charge in [0.1, 0.15) is 11.6 Å². The molecule has 8 nitrogen and oxygen atoms in total. The number of nitrogens with one attached hydrogen (secondary N) is 2. The quantitative estimate of drug-likeness (QED) is 0.317. The highest BCUT2D eigenvalue weighted by Gasteiger charge is 2.45. The Morgan fingerprint density at radius 2 is 1.81 bits per heavy atom. The maximum Gasteiger partial charge on any atom is 0.415 e. The second-order valence-corrected chi connectivity index (χ2v) is 12.0. The lowest BCUT2D eigenvalue weighted by atomic mass is 9.80. The van der Waals surface area contributed by atoms with E-state index in [1.807, 2.05) is 18.2 Å². The van der Waals surface area contributed by atoms with Gasteiger partial charge in [-0.1, -0.05) is 17.7 Å². The normalized spacial score (nSPS) is 23.5. The molecule has 3 aromatic rings. The summed E-state index contributed by atoms with van der Waals surface area (Å²) in [6, 6.07) is 14.1. The smallest absolute Gasteiger partial charge is 0.410 e. The summed E-state index contributed by atoms with van der Waals surface area (Å²) in [5, 5.41) is 7.12. The van der Waals surface area contributed by atoms with E-state index in [-0.39, 0.29) is 52.3 Å². The number of Topliss-reactive ketones (excluding diaryl/α,β-unsaturated/α-hetero) is 2. The summed E-state index contributed by atoms with van der Waals surface area (Å²) in [6.07, 6.45) is 4.18. The van der Waals surface area contributed by atoms with Crippen molar-refractivity contribution in [3.8, 4) is 5.75 Å². The van der Waals surface area contributed by atoms with Crippen molar-refractivity contribution in [2.75, 3.05) is 19.6 Å². The first-order valence-electron chi connectivity index (χ1n) is 14.8. The number of ketones is 2. The zero-order valence-electron chi connectivity index (χ0n) is 23.9. The van der Waals surface area contributed by atoms with Gasteiger partial charge in [-0.05, 0) is 93.2 Å². The van der Waals surface area contributed by atoms with Crippen LogP contribution in [-0.4, -0.2) is 59.3 Å². The summed E-state index contributed by atoms with van der Waals surface area (Å²) in [4.78, 5) is 46.6. The molecule has 0 radical (unpaired) electrons. The number of ether oxygens (including phenoxy) is 1. The predicted octanol–water partition coefficient (Wildman–Crippen LogP) is 5.72. The van der Waals surface area contributed by atoms with E-state index in [1.54, 1.807) is 23.2 Å². The van der Waals surface area contributed by atoms with Crippen LogP contribution in [0.3, 0.4) is 0 Å². The van der Waals surface area contributed by atoms with E-state index in [0.717, 1.165) is 18.5 Å². The van der Waals surface area contributed by atoms with Crippen LogP contribution < -0.4 is 15.4 Å². The molecule has 4 atom stereocenters. The first kappa shape index (κ1) is 29.4. The highest BCUT2D eigenvalue weighted by molar-refractivity contribution is 6.34. The highest BCUT2D eigenvalue weighted by atomic mass is 35.5. The topological polar surface area (TPSA) is 101 Å². The molecule has 43 heavy (non-hydrogen) atoms. The Morgan fingerprint density at radius 3 is 2.51 bits per heavy atom. The maximum absolute atomic E-state index is 14.3. The Bertz CT molecular complexity index is 1520. The molecule has 2 saturated heterocycles. The fraction of sp³-hybridized carbons (Fsp3) is 0.394.